The molecular weight excluding hydrogens is 258 g/mol. The largest absolute Gasteiger partial charge is 0.377 e. The van der Waals surface area contributed by atoms with Crippen LogP contribution in [0, 0.1) is 13.8 Å². The number of para-hydroxylation sites is 1. The highest BCUT2D eigenvalue weighted by molar-refractivity contribution is 5.75. The van der Waals surface area contributed by atoms with Crippen molar-refractivity contribution in [1.82, 2.24) is 24.7 Å². The fraction of sp³-hybridized carbons (Fsp3) is 0.385. The van der Waals surface area contributed by atoms with Crippen molar-refractivity contribution < 1.29 is 4.79 Å². The van der Waals surface area contributed by atoms with Crippen molar-refractivity contribution in [3.05, 3.63) is 39.8 Å². The lowest BCUT2D eigenvalue weighted by Gasteiger charge is -2.11. The van der Waals surface area contributed by atoms with Crippen LogP contribution in [0.25, 0.3) is 5.69 Å². The fourth-order valence-electron chi connectivity index (χ4n) is 1.94. The number of benzene rings is 1. The number of aromatic nitrogens is 4. The van der Waals surface area contributed by atoms with Crippen molar-refractivity contribution in [2.24, 2.45) is 0 Å². The number of carbonyl (C=O) groups excluding carboxylic acids is 1. The molecule has 0 saturated heterocycles. The van der Waals surface area contributed by atoms with Gasteiger partial charge in [0.05, 0.1) is 5.69 Å². The average Bonchev–Trinajstić information content (AvgIpc) is 2.79. The minimum Gasteiger partial charge on any atom is -0.326 e. The Morgan fingerprint density at radius 2 is 1.85 bits per heavy atom. The number of amides is 1. The molecule has 0 atom stereocenters. The second-order valence-electron chi connectivity index (χ2n) is 4.62. The molecule has 0 unspecified atom stereocenters. The highest BCUT2D eigenvalue weighted by Crippen LogP contribution is 2.15. The summed E-state index contributed by atoms with van der Waals surface area (Å²) in [5.74, 6) is 0. The van der Waals surface area contributed by atoms with E-state index in [1.54, 1.807) is 7.05 Å². The number of hydrogen-bond donors (Lipinski definition) is 0. The van der Waals surface area contributed by atoms with Gasteiger partial charge in [0.15, 0.2) is 0 Å². The first-order valence-corrected chi connectivity index (χ1v) is 6.34. The van der Waals surface area contributed by atoms with E-state index in [-0.39, 0.29) is 0 Å². The molecule has 1 heterocycles. The van der Waals surface area contributed by atoms with Crippen LogP contribution in [0.5, 0.6) is 0 Å². The smallest absolute Gasteiger partial charge is 0.326 e. The molecule has 2 aromatic rings. The Hall–Kier alpha value is -2.44. The normalized spacial score (nSPS) is 10.6. The summed E-state index contributed by atoms with van der Waals surface area (Å²) in [5, 5.41) is 7.48. The number of tetrazole rings is 1. The molecule has 106 valence electrons. The molecule has 7 heteroatoms. The first-order valence-electron chi connectivity index (χ1n) is 6.34. The van der Waals surface area contributed by atoms with Gasteiger partial charge in [0.25, 0.3) is 0 Å². The average molecular weight is 275 g/mol. The van der Waals surface area contributed by atoms with Gasteiger partial charge in [0.2, 0.25) is 0 Å². The van der Waals surface area contributed by atoms with E-state index in [1.165, 1.54) is 4.90 Å². The van der Waals surface area contributed by atoms with Crippen molar-refractivity contribution >= 4 is 6.03 Å². The van der Waals surface area contributed by atoms with Crippen LogP contribution in [-0.4, -0.2) is 44.3 Å². The topological polar surface area (TPSA) is 73.0 Å². The first-order chi connectivity index (χ1) is 9.47. The van der Waals surface area contributed by atoms with Gasteiger partial charge in [-0.3, -0.25) is 0 Å². The van der Waals surface area contributed by atoms with E-state index in [0.717, 1.165) is 20.5 Å². The molecule has 0 aliphatic rings. The van der Waals surface area contributed by atoms with Gasteiger partial charge in [0.1, 0.15) is 0 Å². The summed E-state index contributed by atoms with van der Waals surface area (Å²) in [7, 11) is 1.60. The van der Waals surface area contributed by atoms with Crippen LogP contribution in [-0.2, 0) is 0 Å². The second-order valence-corrected chi connectivity index (χ2v) is 4.62. The molecule has 7 nitrogen and oxygen atoms in total. The summed E-state index contributed by atoms with van der Waals surface area (Å²) in [6.07, 6.45) is 0. The quantitative estimate of drug-likeness (QED) is 0.765. The summed E-state index contributed by atoms with van der Waals surface area (Å²) < 4.78 is 1.93. The van der Waals surface area contributed by atoms with E-state index >= 15 is 0 Å². The summed E-state index contributed by atoms with van der Waals surface area (Å²) in [6.45, 7) is 6.07. The zero-order valence-corrected chi connectivity index (χ0v) is 12.0. The Bertz CT molecular complexity index is 681. The molecule has 1 aromatic heterocycles. The fourth-order valence-corrected chi connectivity index (χ4v) is 1.94. The van der Waals surface area contributed by atoms with E-state index in [4.69, 9.17) is 0 Å². The third kappa shape index (κ3) is 2.22. The maximum Gasteiger partial charge on any atom is 0.377 e. The van der Waals surface area contributed by atoms with Crippen molar-refractivity contribution in [3.8, 4) is 5.69 Å². The molecule has 0 fully saturated rings. The van der Waals surface area contributed by atoms with Crippen molar-refractivity contribution in [2.45, 2.75) is 20.8 Å². The zero-order valence-electron chi connectivity index (χ0n) is 12.0. The molecule has 0 saturated carbocycles. The number of rotatable bonds is 2. The molecule has 0 N–H and O–H groups in total. The van der Waals surface area contributed by atoms with Gasteiger partial charge in [-0.05, 0) is 42.3 Å². The Kier molecular flexibility index (Phi) is 3.69. The van der Waals surface area contributed by atoms with Crippen molar-refractivity contribution in [2.75, 3.05) is 13.6 Å². The summed E-state index contributed by atoms with van der Waals surface area (Å²) in [5.41, 5.74) is 1.90. The molecule has 1 aromatic carbocycles. The van der Waals surface area contributed by atoms with Gasteiger partial charge in [-0.25, -0.2) is 9.59 Å². The second kappa shape index (κ2) is 5.28. The predicted molar refractivity (Wildman–Crippen MR) is 74.2 cm³/mol. The minimum atomic E-state index is -0.562. The molecule has 1 amide bonds. The molecule has 0 spiro atoms. The van der Waals surface area contributed by atoms with Gasteiger partial charge in [0, 0.05) is 13.6 Å². The van der Waals surface area contributed by atoms with Gasteiger partial charge in [-0.15, -0.1) is 4.68 Å². The molecule has 0 aliphatic carbocycles. The van der Waals surface area contributed by atoms with Crippen LogP contribution in [0.4, 0.5) is 4.79 Å². The zero-order chi connectivity index (χ0) is 14.9. The van der Waals surface area contributed by atoms with Crippen molar-refractivity contribution in [1.29, 1.82) is 0 Å². The van der Waals surface area contributed by atoms with Gasteiger partial charge >= 0.3 is 11.7 Å². The molecule has 0 aliphatic heterocycles. The number of carbonyl (C=O) groups is 1. The number of aryl methyl sites for hydroxylation is 2. The van der Waals surface area contributed by atoms with Crippen LogP contribution in [0.2, 0.25) is 0 Å². The Morgan fingerprint density at radius 1 is 1.25 bits per heavy atom. The van der Waals surface area contributed by atoms with Crippen LogP contribution in [0.3, 0.4) is 0 Å². The Morgan fingerprint density at radius 3 is 2.40 bits per heavy atom. The third-order valence-corrected chi connectivity index (χ3v) is 3.21. The van der Waals surface area contributed by atoms with Crippen LogP contribution in [0.1, 0.15) is 18.1 Å². The lowest BCUT2D eigenvalue weighted by Crippen LogP contribution is -2.38. The summed E-state index contributed by atoms with van der Waals surface area (Å²) in [4.78, 5) is 25.7. The van der Waals surface area contributed by atoms with Crippen LogP contribution in [0.15, 0.2) is 23.0 Å². The number of nitrogens with zero attached hydrogens (tertiary/aromatic N) is 5. The maximum atomic E-state index is 12.3. The van der Waals surface area contributed by atoms with Gasteiger partial charge in [-0.2, -0.15) is 4.68 Å². The van der Waals surface area contributed by atoms with Gasteiger partial charge < -0.3 is 4.90 Å². The highest BCUT2D eigenvalue weighted by Gasteiger charge is 2.19. The Labute approximate surface area is 116 Å². The highest BCUT2D eigenvalue weighted by atomic mass is 16.2. The van der Waals surface area contributed by atoms with Crippen LogP contribution < -0.4 is 5.69 Å². The molecule has 0 bridgehead atoms. The SMILES string of the molecule is CCN(C)C(=O)n1nnn(-c2c(C)cccc2C)c1=O. The minimum absolute atomic E-state index is 0.488. The standard InChI is InChI=1S/C13H17N5O2/c1-5-16(4)12(19)18-13(20)17(14-15-18)11-9(2)7-6-8-10(11)3/h6-8H,5H2,1-4H3. The van der Waals surface area contributed by atoms with E-state index in [1.807, 2.05) is 39.0 Å². The molecule has 2 rings (SSSR count). The molecular formula is C13H17N5O2. The lowest BCUT2D eigenvalue weighted by molar-refractivity contribution is 0.208. The maximum absolute atomic E-state index is 12.3. The van der Waals surface area contributed by atoms with Crippen LogP contribution >= 0.6 is 0 Å². The summed E-state index contributed by atoms with van der Waals surface area (Å²) >= 11 is 0. The molecule has 0 radical (unpaired) electrons. The Balaban J connectivity index is 2.55. The molecule has 20 heavy (non-hydrogen) atoms. The lowest BCUT2D eigenvalue weighted by atomic mass is 10.1. The first kappa shape index (κ1) is 14.0. The van der Waals surface area contributed by atoms with E-state index in [9.17, 15) is 9.59 Å². The van der Waals surface area contributed by atoms with Gasteiger partial charge in [-0.1, -0.05) is 18.2 Å². The van der Waals surface area contributed by atoms with E-state index in [2.05, 4.69) is 10.4 Å². The van der Waals surface area contributed by atoms with E-state index in [0.29, 0.717) is 12.2 Å². The monoisotopic (exact) mass is 275 g/mol. The van der Waals surface area contributed by atoms with E-state index < -0.39 is 11.7 Å². The predicted octanol–water partition coefficient (Wildman–Crippen LogP) is 0.966. The number of hydrogen-bond acceptors (Lipinski definition) is 4. The third-order valence-electron chi connectivity index (χ3n) is 3.21. The van der Waals surface area contributed by atoms with Crippen molar-refractivity contribution in [3.63, 3.8) is 0 Å². The summed E-state index contributed by atoms with van der Waals surface area (Å²) in [6, 6.07) is 5.18.